The number of nitrogens with two attached hydrogens (primary N) is 1. The summed E-state index contributed by atoms with van der Waals surface area (Å²) in [4.78, 5) is 12.8. The van der Waals surface area contributed by atoms with Crippen molar-refractivity contribution in [3.63, 3.8) is 0 Å². The number of nitrogens with zero attached hydrogens (tertiary/aromatic N) is 1. The van der Waals surface area contributed by atoms with Gasteiger partial charge in [0.25, 0.3) is 0 Å². The van der Waals surface area contributed by atoms with E-state index in [-0.39, 0.29) is 11.5 Å². The van der Waals surface area contributed by atoms with E-state index in [0.29, 0.717) is 22.3 Å². The second-order valence-electron chi connectivity index (χ2n) is 6.41. The lowest BCUT2D eigenvalue weighted by Gasteiger charge is -2.27. The molecule has 3 aromatic rings. The van der Waals surface area contributed by atoms with Crippen molar-refractivity contribution < 1.29 is 9.15 Å². The highest BCUT2D eigenvalue weighted by Gasteiger charge is 2.36. The van der Waals surface area contributed by atoms with Crippen LogP contribution in [0.2, 0.25) is 0 Å². The molecule has 1 atom stereocenters. The van der Waals surface area contributed by atoms with Crippen LogP contribution in [0.4, 0.5) is 0 Å². The third-order valence-corrected chi connectivity index (χ3v) is 4.71. The molecule has 5 heteroatoms. The Morgan fingerprint density at radius 3 is 2.65 bits per heavy atom. The molecule has 0 saturated carbocycles. The monoisotopic (exact) mass is 344 g/mol. The van der Waals surface area contributed by atoms with Crippen molar-refractivity contribution in [1.29, 1.82) is 5.26 Å². The van der Waals surface area contributed by atoms with Gasteiger partial charge in [0.15, 0.2) is 5.75 Å². The Labute approximate surface area is 149 Å². The van der Waals surface area contributed by atoms with Crippen molar-refractivity contribution in [2.45, 2.75) is 19.8 Å². The Morgan fingerprint density at radius 2 is 1.92 bits per heavy atom. The highest BCUT2D eigenvalue weighted by Crippen LogP contribution is 2.44. The van der Waals surface area contributed by atoms with Crippen LogP contribution in [0.3, 0.4) is 0 Å². The molecule has 1 aliphatic heterocycles. The molecule has 0 aliphatic carbocycles. The normalized spacial score (nSPS) is 16.1. The number of rotatable bonds is 1. The minimum Gasteiger partial charge on any atom is -0.439 e. The molecule has 0 bridgehead atoms. The summed E-state index contributed by atoms with van der Waals surface area (Å²) in [5, 5.41) is 10.3. The van der Waals surface area contributed by atoms with Crippen LogP contribution in [0.5, 0.6) is 5.75 Å². The molecule has 0 radical (unpaired) electrons. The van der Waals surface area contributed by atoms with Crippen LogP contribution in [0.15, 0.2) is 63.1 Å². The number of fused-ring (bicyclic) bond motifs is 3. The summed E-state index contributed by atoms with van der Waals surface area (Å²) in [5.74, 6) is -0.246. The van der Waals surface area contributed by atoms with E-state index in [1.54, 1.807) is 18.2 Å². The molecule has 0 amide bonds. The van der Waals surface area contributed by atoms with E-state index < -0.39 is 11.5 Å². The molecule has 1 unspecified atom stereocenters. The fraction of sp³-hybridized carbons (Fsp3) is 0.143. The molecule has 2 N–H and O–H groups in total. The molecule has 0 saturated heterocycles. The van der Waals surface area contributed by atoms with E-state index in [1.165, 1.54) is 0 Å². The van der Waals surface area contributed by atoms with Crippen molar-refractivity contribution in [3.05, 3.63) is 86.6 Å². The van der Waals surface area contributed by atoms with Crippen molar-refractivity contribution in [2.24, 2.45) is 5.73 Å². The summed E-state index contributed by atoms with van der Waals surface area (Å²) in [6.45, 7) is 3.94. The zero-order valence-corrected chi connectivity index (χ0v) is 14.4. The Morgan fingerprint density at radius 1 is 1.15 bits per heavy atom. The average Bonchev–Trinajstić information content (AvgIpc) is 2.61. The summed E-state index contributed by atoms with van der Waals surface area (Å²) < 4.78 is 11.2. The molecule has 0 spiro atoms. The van der Waals surface area contributed by atoms with Gasteiger partial charge in [-0.15, -0.1) is 0 Å². The molecular weight excluding hydrogens is 328 g/mol. The number of nitriles is 1. The van der Waals surface area contributed by atoms with Crippen molar-refractivity contribution in [1.82, 2.24) is 0 Å². The molecule has 0 fully saturated rings. The standard InChI is InChI=1S/C21H16N2O3/c1-11-7-8-13(12(2)9-11)17-15(10-22)20(23)26-19-14-5-3-4-6-16(14)25-21(24)18(17)19/h3-9,17H,23H2,1-2H3. The zero-order chi connectivity index (χ0) is 18.4. The van der Waals surface area contributed by atoms with Crippen LogP contribution in [0.1, 0.15) is 28.2 Å². The molecule has 128 valence electrons. The highest BCUT2D eigenvalue weighted by atomic mass is 16.5. The quantitative estimate of drug-likeness (QED) is 0.681. The van der Waals surface area contributed by atoms with Crippen LogP contribution in [0, 0.1) is 25.2 Å². The predicted octanol–water partition coefficient (Wildman–Crippen LogP) is 3.63. The molecule has 4 rings (SSSR count). The number of benzene rings is 2. The third kappa shape index (κ3) is 2.27. The minimum atomic E-state index is -0.620. The van der Waals surface area contributed by atoms with E-state index in [1.807, 2.05) is 38.1 Å². The Kier molecular flexibility index (Phi) is 3.55. The van der Waals surface area contributed by atoms with Crippen LogP contribution >= 0.6 is 0 Å². The molecule has 26 heavy (non-hydrogen) atoms. The average molecular weight is 344 g/mol. The first-order valence-electron chi connectivity index (χ1n) is 8.21. The van der Waals surface area contributed by atoms with Crippen molar-refractivity contribution >= 4 is 11.0 Å². The fourth-order valence-electron chi connectivity index (χ4n) is 3.53. The van der Waals surface area contributed by atoms with Crippen molar-refractivity contribution in [3.8, 4) is 11.8 Å². The first-order valence-corrected chi connectivity index (χ1v) is 8.21. The Hall–Kier alpha value is -3.52. The highest BCUT2D eigenvalue weighted by molar-refractivity contribution is 5.86. The zero-order valence-electron chi connectivity index (χ0n) is 14.4. The lowest BCUT2D eigenvalue weighted by molar-refractivity contribution is 0.388. The largest absolute Gasteiger partial charge is 0.439 e. The van der Waals surface area contributed by atoms with Crippen LogP contribution in [-0.4, -0.2) is 0 Å². The summed E-state index contributed by atoms with van der Waals surface area (Å²) in [7, 11) is 0. The molecule has 2 heterocycles. The van der Waals surface area contributed by atoms with Gasteiger partial charge in [0.1, 0.15) is 17.2 Å². The Bertz CT molecular complexity index is 1180. The van der Waals surface area contributed by atoms with Crippen molar-refractivity contribution in [2.75, 3.05) is 0 Å². The van der Waals surface area contributed by atoms with Gasteiger partial charge in [0, 0.05) is 0 Å². The molecule has 5 nitrogen and oxygen atoms in total. The number of allylic oxidation sites excluding steroid dienone is 1. The second-order valence-corrected chi connectivity index (χ2v) is 6.41. The van der Waals surface area contributed by atoms with E-state index >= 15 is 0 Å². The Balaban J connectivity index is 2.10. The number of aryl methyl sites for hydroxylation is 2. The van der Waals surface area contributed by atoms with Gasteiger partial charge in [0.2, 0.25) is 5.88 Å². The van der Waals surface area contributed by atoms with Gasteiger partial charge in [-0.2, -0.15) is 5.26 Å². The predicted molar refractivity (Wildman–Crippen MR) is 97.7 cm³/mol. The van der Waals surface area contributed by atoms with E-state index in [0.717, 1.165) is 16.7 Å². The van der Waals surface area contributed by atoms with Gasteiger partial charge in [-0.1, -0.05) is 35.9 Å². The second kappa shape index (κ2) is 5.78. The molecule has 2 aromatic carbocycles. The minimum absolute atomic E-state index is 0.0146. The van der Waals surface area contributed by atoms with Gasteiger partial charge in [-0.25, -0.2) is 4.79 Å². The van der Waals surface area contributed by atoms with Gasteiger partial charge in [0.05, 0.1) is 16.9 Å². The van der Waals surface area contributed by atoms with Crippen LogP contribution in [0.25, 0.3) is 11.0 Å². The molecule has 1 aliphatic rings. The maximum absolute atomic E-state index is 12.8. The fourth-order valence-corrected chi connectivity index (χ4v) is 3.53. The maximum Gasteiger partial charge on any atom is 0.344 e. The van der Waals surface area contributed by atoms with Crippen LogP contribution in [-0.2, 0) is 0 Å². The number of hydrogen-bond donors (Lipinski definition) is 1. The number of hydrogen-bond acceptors (Lipinski definition) is 5. The number of para-hydroxylation sites is 1. The van der Waals surface area contributed by atoms with E-state index in [2.05, 4.69) is 6.07 Å². The summed E-state index contributed by atoms with van der Waals surface area (Å²) in [6, 6.07) is 15.1. The summed E-state index contributed by atoms with van der Waals surface area (Å²) >= 11 is 0. The molecular formula is C21H16N2O3. The first kappa shape index (κ1) is 16.0. The van der Waals surface area contributed by atoms with Gasteiger partial charge < -0.3 is 14.9 Å². The third-order valence-electron chi connectivity index (χ3n) is 4.71. The van der Waals surface area contributed by atoms with E-state index in [4.69, 9.17) is 14.9 Å². The van der Waals surface area contributed by atoms with Gasteiger partial charge in [-0.05, 0) is 37.1 Å². The van der Waals surface area contributed by atoms with E-state index in [9.17, 15) is 10.1 Å². The summed E-state index contributed by atoms with van der Waals surface area (Å²) in [6.07, 6.45) is 0. The lowest BCUT2D eigenvalue weighted by atomic mass is 9.81. The first-order chi connectivity index (χ1) is 12.5. The number of ether oxygens (including phenoxy) is 1. The smallest absolute Gasteiger partial charge is 0.344 e. The summed E-state index contributed by atoms with van der Waals surface area (Å²) in [5.41, 5.74) is 9.37. The molecule has 1 aromatic heterocycles. The van der Waals surface area contributed by atoms with Crippen LogP contribution < -0.4 is 16.1 Å². The SMILES string of the molecule is Cc1ccc(C2C(C#N)=C(N)Oc3c2c(=O)oc2ccccc32)c(C)c1. The maximum atomic E-state index is 12.8. The van der Waals surface area contributed by atoms with Gasteiger partial charge >= 0.3 is 5.63 Å². The lowest BCUT2D eigenvalue weighted by Crippen LogP contribution is -2.26. The topological polar surface area (TPSA) is 89.3 Å². The van der Waals surface area contributed by atoms with Gasteiger partial charge in [-0.3, -0.25) is 0 Å².